The highest BCUT2D eigenvalue weighted by Crippen LogP contribution is 2.29. The summed E-state index contributed by atoms with van der Waals surface area (Å²) in [6, 6.07) is 10.5. The van der Waals surface area contributed by atoms with E-state index in [-0.39, 0.29) is 6.10 Å². The Hall–Kier alpha value is -0.863. The van der Waals surface area contributed by atoms with Gasteiger partial charge in [-0.15, -0.1) is 0 Å². The SMILES string of the molecule is CCC(C)C(=CC(O[SiH3])c1ccccc1)C(C)CC. The molecule has 0 bridgehead atoms. The Kier molecular flexibility index (Phi) is 7.10. The summed E-state index contributed by atoms with van der Waals surface area (Å²) in [5.74, 6) is 1.27. The first-order valence-electron chi connectivity index (χ1n) is 7.43. The second-order valence-corrected chi connectivity index (χ2v) is 5.82. The normalized spacial score (nSPS) is 15.8. The van der Waals surface area contributed by atoms with Crippen molar-refractivity contribution in [1.29, 1.82) is 0 Å². The van der Waals surface area contributed by atoms with E-state index >= 15 is 0 Å². The van der Waals surface area contributed by atoms with Gasteiger partial charge >= 0.3 is 0 Å². The molecule has 0 aliphatic rings. The molecule has 0 aliphatic heterocycles. The van der Waals surface area contributed by atoms with Crippen molar-refractivity contribution in [2.75, 3.05) is 0 Å². The molecule has 1 aromatic rings. The van der Waals surface area contributed by atoms with Crippen molar-refractivity contribution in [3.05, 3.63) is 47.5 Å². The third-order valence-electron chi connectivity index (χ3n) is 4.09. The van der Waals surface area contributed by atoms with E-state index in [9.17, 15) is 0 Å². The van der Waals surface area contributed by atoms with Gasteiger partial charge in [-0.1, -0.05) is 69.7 Å². The first kappa shape index (κ1) is 16.2. The highest BCUT2D eigenvalue weighted by Gasteiger charge is 2.16. The van der Waals surface area contributed by atoms with Crippen molar-refractivity contribution in [2.45, 2.75) is 46.6 Å². The first-order valence-corrected chi connectivity index (χ1v) is 8.24. The monoisotopic (exact) mass is 276 g/mol. The van der Waals surface area contributed by atoms with E-state index < -0.39 is 0 Å². The Balaban J connectivity index is 3.04. The van der Waals surface area contributed by atoms with E-state index in [0.717, 1.165) is 10.5 Å². The van der Waals surface area contributed by atoms with Crippen LogP contribution in [0.25, 0.3) is 0 Å². The van der Waals surface area contributed by atoms with Gasteiger partial charge in [-0.3, -0.25) is 0 Å². The molecule has 0 amide bonds. The van der Waals surface area contributed by atoms with Gasteiger partial charge in [0.1, 0.15) is 10.5 Å². The van der Waals surface area contributed by atoms with E-state index in [0.29, 0.717) is 11.8 Å². The Morgan fingerprint density at radius 2 is 1.63 bits per heavy atom. The van der Waals surface area contributed by atoms with Crippen LogP contribution in [0, 0.1) is 11.8 Å². The van der Waals surface area contributed by atoms with E-state index in [1.54, 1.807) is 5.57 Å². The molecule has 0 saturated carbocycles. The van der Waals surface area contributed by atoms with E-state index in [1.165, 1.54) is 18.4 Å². The van der Waals surface area contributed by atoms with Crippen LogP contribution in [0.3, 0.4) is 0 Å². The maximum atomic E-state index is 5.82. The van der Waals surface area contributed by atoms with Gasteiger partial charge in [0.05, 0.1) is 6.10 Å². The third kappa shape index (κ3) is 4.63. The molecule has 1 aromatic carbocycles. The summed E-state index contributed by atoms with van der Waals surface area (Å²) < 4.78 is 5.82. The Morgan fingerprint density at radius 1 is 1.11 bits per heavy atom. The summed E-state index contributed by atoms with van der Waals surface area (Å²) >= 11 is 0. The zero-order valence-electron chi connectivity index (χ0n) is 13.0. The Morgan fingerprint density at radius 3 is 2.05 bits per heavy atom. The molecule has 0 aromatic heterocycles. The molecule has 3 atom stereocenters. The second-order valence-electron chi connectivity index (χ2n) is 5.35. The lowest BCUT2D eigenvalue weighted by Gasteiger charge is -2.23. The summed E-state index contributed by atoms with van der Waals surface area (Å²) in [4.78, 5) is 0. The van der Waals surface area contributed by atoms with Crippen LogP contribution in [0.1, 0.15) is 52.2 Å². The number of hydrogen-bond acceptors (Lipinski definition) is 1. The minimum atomic E-state index is 0.130. The fourth-order valence-electron chi connectivity index (χ4n) is 2.40. The molecule has 0 saturated heterocycles. The predicted octanol–water partition coefficient (Wildman–Crippen LogP) is 4.04. The Bertz CT molecular complexity index is 374. The topological polar surface area (TPSA) is 9.23 Å². The smallest absolute Gasteiger partial charge is 0.147 e. The largest absolute Gasteiger partial charge is 0.418 e. The zero-order chi connectivity index (χ0) is 14.3. The maximum Gasteiger partial charge on any atom is 0.147 e. The highest BCUT2D eigenvalue weighted by molar-refractivity contribution is 5.98. The summed E-state index contributed by atoms with van der Waals surface area (Å²) in [5.41, 5.74) is 2.82. The van der Waals surface area contributed by atoms with E-state index in [2.05, 4.69) is 64.1 Å². The molecule has 1 rings (SSSR count). The van der Waals surface area contributed by atoms with Gasteiger partial charge in [0.25, 0.3) is 0 Å². The molecule has 0 radical (unpaired) electrons. The number of hydrogen-bond donors (Lipinski definition) is 0. The number of benzene rings is 1. The van der Waals surface area contributed by atoms with Gasteiger partial charge in [0.15, 0.2) is 0 Å². The van der Waals surface area contributed by atoms with Gasteiger partial charge in [-0.25, -0.2) is 0 Å². The van der Waals surface area contributed by atoms with Crippen molar-refractivity contribution in [3.63, 3.8) is 0 Å². The van der Waals surface area contributed by atoms with Crippen LogP contribution >= 0.6 is 0 Å². The van der Waals surface area contributed by atoms with Crippen LogP contribution < -0.4 is 0 Å². The maximum absolute atomic E-state index is 5.82. The summed E-state index contributed by atoms with van der Waals surface area (Å²) in [6.07, 6.45) is 4.88. The van der Waals surface area contributed by atoms with Crippen LogP contribution in [0.15, 0.2) is 42.0 Å². The Labute approximate surface area is 121 Å². The molecule has 0 N–H and O–H groups in total. The first-order chi connectivity index (χ1) is 9.13. The van der Waals surface area contributed by atoms with E-state index in [4.69, 9.17) is 4.43 Å². The zero-order valence-corrected chi connectivity index (χ0v) is 15.0. The minimum Gasteiger partial charge on any atom is -0.418 e. The molecule has 0 spiro atoms. The molecule has 0 fully saturated rings. The molecule has 0 heterocycles. The van der Waals surface area contributed by atoms with Crippen molar-refractivity contribution < 1.29 is 4.43 Å². The fraction of sp³-hybridized carbons (Fsp3) is 0.529. The lowest BCUT2D eigenvalue weighted by Crippen LogP contribution is -2.10. The van der Waals surface area contributed by atoms with Crippen molar-refractivity contribution in [1.82, 2.24) is 0 Å². The summed E-state index contributed by atoms with van der Waals surface area (Å²) in [5, 5.41) is 0. The average molecular weight is 276 g/mol. The molecule has 0 aliphatic carbocycles. The molecule has 19 heavy (non-hydrogen) atoms. The summed E-state index contributed by atoms with van der Waals surface area (Å²) in [6.45, 7) is 9.18. The van der Waals surface area contributed by atoms with Crippen LogP contribution in [-0.2, 0) is 4.43 Å². The van der Waals surface area contributed by atoms with Gasteiger partial charge in [-0.2, -0.15) is 0 Å². The van der Waals surface area contributed by atoms with Gasteiger partial charge in [0, 0.05) is 0 Å². The lowest BCUT2D eigenvalue weighted by atomic mass is 9.85. The fourth-order valence-corrected chi connectivity index (χ4v) is 2.81. The molecular weight excluding hydrogens is 248 g/mol. The molecule has 1 nitrogen and oxygen atoms in total. The van der Waals surface area contributed by atoms with E-state index in [1.807, 2.05) is 0 Å². The number of allylic oxidation sites excluding steroid dienone is 1. The second kappa shape index (κ2) is 8.34. The minimum absolute atomic E-state index is 0.130. The van der Waals surface area contributed by atoms with Gasteiger partial charge < -0.3 is 4.43 Å². The summed E-state index contributed by atoms with van der Waals surface area (Å²) in [7, 11) is 0.763. The van der Waals surface area contributed by atoms with Crippen molar-refractivity contribution >= 4 is 10.5 Å². The average Bonchev–Trinajstić information content (AvgIpc) is 2.48. The lowest BCUT2D eigenvalue weighted by molar-refractivity contribution is 0.277. The molecule has 2 heteroatoms. The highest BCUT2D eigenvalue weighted by atomic mass is 28.2. The van der Waals surface area contributed by atoms with Crippen LogP contribution in [0.4, 0.5) is 0 Å². The van der Waals surface area contributed by atoms with Gasteiger partial charge in [0.2, 0.25) is 0 Å². The van der Waals surface area contributed by atoms with Crippen LogP contribution in [-0.4, -0.2) is 10.5 Å². The van der Waals surface area contributed by atoms with Crippen molar-refractivity contribution in [3.8, 4) is 0 Å². The van der Waals surface area contributed by atoms with Crippen molar-refractivity contribution in [2.24, 2.45) is 11.8 Å². The quantitative estimate of drug-likeness (QED) is 0.539. The number of rotatable bonds is 7. The standard InChI is InChI=1S/C17H28OSi/c1-5-13(3)16(14(4)6-2)12-17(18-19)15-10-8-7-9-11-15/h7-14,17H,5-6H2,1-4,19H3. The molecule has 3 unspecified atom stereocenters. The predicted molar refractivity (Wildman–Crippen MR) is 87.2 cm³/mol. The van der Waals surface area contributed by atoms with Crippen LogP contribution in [0.5, 0.6) is 0 Å². The molecule has 106 valence electrons. The van der Waals surface area contributed by atoms with Crippen LogP contribution in [0.2, 0.25) is 0 Å². The third-order valence-corrected chi connectivity index (χ3v) is 4.60. The molecular formula is C17H28OSi. The van der Waals surface area contributed by atoms with Gasteiger partial charge in [-0.05, 0) is 30.2 Å².